The Balaban J connectivity index is 1.30. The number of fused-ring (bicyclic) bond motifs is 2. The Hall–Kier alpha value is -3.07. The number of aromatic nitrogens is 5. The Kier molecular flexibility index (Phi) is 3.57. The van der Waals surface area contributed by atoms with Gasteiger partial charge >= 0.3 is 0 Å². The lowest BCUT2D eigenvalue weighted by Gasteiger charge is -2.44. The molecule has 0 spiro atoms. The van der Waals surface area contributed by atoms with E-state index < -0.39 is 0 Å². The Morgan fingerprint density at radius 1 is 1.19 bits per heavy atom. The largest absolute Gasteiger partial charge is 0.351 e. The molecule has 0 N–H and O–H groups in total. The van der Waals surface area contributed by atoms with Gasteiger partial charge in [-0.3, -0.25) is 4.79 Å². The summed E-state index contributed by atoms with van der Waals surface area (Å²) < 4.78 is 2.77. The van der Waals surface area contributed by atoms with Gasteiger partial charge in [-0.15, -0.1) is 26.6 Å². The van der Waals surface area contributed by atoms with E-state index in [1.165, 1.54) is 11.3 Å². The molecule has 0 radical (unpaired) electrons. The Labute approximate surface area is 159 Å². The molecule has 136 valence electrons. The zero-order valence-corrected chi connectivity index (χ0v) is 15.7. The van der Waals surface area contributed by atoms with Crippen LogP contribution in [-0.4, -0.2) is 61.8 Å². The smallest absolute Gasteiger partial charge is 0.282 e. The summed E-state index contributed by atoms with van der Waals surface area (Å²) in [6, 6.07) is 11.8. The van der Waals surface area contributed by atoms with Crippen molar-refractivity contribution in [3.63, 3.8) is 0 Å². The number of benzene rings is 1. The van der Waals surface area contributed by atoms with Crippen LogP contribution in [0.15, 0.2) is 36.4 Å². The van der Waals surface area contributed by atoms with Crippen LogP contribution in [0.2, 0.25) is 0 Å². The van der Waals surface area contributed by atoms with Crippen molar-refractivity contribution in [3.8, 4) is 0 Å². The average molecular weight is 379 g/mol. The number of carbonyl (C=O) groups excluding carboxylic acids is 1. The third-order valence-electron chi connectivity index (χ3n) is 4.94. The van der Waals surface area contributed by atoms with Crippen molar-refractivity contribution >= 4 is 38.9 Å². The van der Waals surface area contributed by atoms with Crippen molar-refractivity contribution in [2.45, 2.75) is 13.0 Å². The molecule has 3 aromatic heterocycles. The quantitative estimate of drug-likeness (QED) is 0.542. The van der Waals surface area contributed by atoms with Crippen LogP contribution >= 0.6 is 11.3 Å². The molecule has 0 unspecified atom stereocenters. The average Bonchev–Trinajstić information content (AvgIpc) is 3.23. The lowest BCUT2D eigenvalue weighted by atomic mass is 10.1. The van der Waals surface area contributed by atoms with Gasteiger partial charge < -0.3 is 9.80 Å². The summed E-state index contributed by atoms with van der Waals surface area (Å²) in [6.07, 6.45) is 0. The summed E-state index contributed by atoms with van der Waals surface area (Å²) in [6.45, 7) is 3.36. The predicted molar refractivity (Wildman–Crippen MR) is 103 cm³/mol. The standard InChI is InChI=1S/C18H17N7OS/c1-11-20-21-15-7-8-16(22-25(11)15)24-9-12(10-24)23(2)18(26)17-19-13-5-3-4-6-14(13)27-17/h3-8,12H,9-10H2,1-2H3. The third kappa shape index (κ3) is 2.62. The summed E-state index contributed by atoms with van der Waals surface area (Å²) in [7, 11) is 1.84. The number of para-hydroxylation sites is 1. The van der Waals surface area contributed by atoms with Crippen molar-refractivity contribution in [1.29, 1.82) is 0 Å². The van der Waals surface area contributed by atoms with Crippen LogP contribution in [0.5, 0.6) is 0 Å². The first kappa shape index (κ1) is 16.1. The number of nitrogens with zero attached hydrogens (tertiary/aromatic N) is 7. The van der Waals surface area contributed by atoms with Crippen LogP contribution in [0.3, 0.4) is 0 Å². The summed E-state index contributed by atoms with van der Waals surface area (Å²) in [5.74, 6) is 1.59. The van der Waals surface area contributed by atoms with Gasteiger partial charge in [0.25, 0.3) is 5.91 Å². The fourth-order valence-corrected chi connectivity index (χ4v) is 4.17. The maximum absolute atomic E-state index is 12.8. The molecule has 1 aliphatic heterocycles. The molecule has 0 bridgehead atoms. The van der Waals surface area contributed by atoms with Gasteiger partial charge in [0.1, 0.15) is 5.82 Å². The summed E-state index contributed by atoms with van der Waals surface area (Å²) in [4.78, 5) is 21.2. The second kappa shape index (κ2) is 5.98. The van der Waals surface area contributed by atoms with Gasteiger partial charge in [-0.25, -0.2) is 4.98 Å². The van der Waals surface area contributed by atoms with Crippen molar-refractivity contribution in [1.82, 2.24) is 29.7 Å². The van der Waals surface area contributed by atoms with Crippen LogP contribution in [0.4, 0.5) is 5.82 Å². The number of thiazole rings is 1. The highest BCUT2D eigenvalue weighted by Gasteiger charge is 2.34. The van der Waals surface area contributed by atoms with Crippen molar-refractivity contribution < 1.29 is 4.79 Å². The monoisotopic (exact) mass is 379 g/mol. The van der Waals surface area contributed by atoms with Gasteiger partial charge in [-0.05, 0) is 31.2 Å². The molecule has 27 heavy (non-hydrogen) atoms. The maximum Gasteiger partial charge on any atom is 0.282 e. The molecule has 1 amide bonds. The summed E-state index contributed by atoms with van der Waals surface area (Å²) >= 11 is 1.44. The molecule has 1 saturated heterocycles. The molecular formula is C18H17N7OS. The molecule has 4 aromatic rings. The maximum atomic E-state index is 12.8. The number of carbonyl (C=O) groups is 1. The number of hydrogen-bond acceptors (Lipinski definition) is 7. The van der Waals surface area contributed by atoms with Crippen molar-refractivity contribution in [3.05, 3.63) is 47.2 Å². The van der Waals surface area contributed by atoms with E-state index in [1.54, 1.807) is 9.42 Å². The highest BCUT2D eigenvalue weighted by molar-refractivity contribution is 7.20. The highest BCUT2D eigenvalue weighted by Crippen LogP contribution is 2.26. The van der Waals surface area contributed by atoms with Crippen LogP contribution in [-0.2, 0) is 0 Å². The molecule has 1 fully saturated rings. The molecule has 9 heteroatoms. The number of rotatable bonds is 3. The van der Waals surface area contributed by atoms with Gasteiger partial charge in [0.2, 0.25) is 0 Å². The normalized spacial score (nSPS) is 14.7. The first-order chi connectivity index (χ1) is 13.1. The number of hydrogen-bond donors (Lipinski definition) is 0. The fraction of sp³-hybridized carbons (Fsp3) is 0.278. The molecule has 1 aliphatic rings. The molecule has 8 nitrogen and oxygen atoms in total. The van der Waals surface area contributed by atoms with Crippen LogP contribution < -0.4 is 4.90 Å². The first-order valence-corrected chi connectivity index (χ1v) is 9.48. The van der Waals surface area contributed by atoms with E-state index in [0.717, 1.165) is 40.6 Å². The second-order valence-corrected chi connectivity index (χ2v) is 7.70. The Bertz CT molecular complexity index is 1130. The van der Waals surface area contributed by atoms with Gasteiger partial charge in [-0.1, -0.05) is 12.1 Å². The van der Waals surface area contributed by atoms with Crippen LogP contribution in [0, 0.1) is 6.92 Å². The van der Waals surface area contributed by atoms with Gasteiger partial charge in [0.15, 0.2) is 16.5 Å². The Morgan fingerprint density at radius 2 is 2.00 bits per heavy atom. The van der Waals surface area contributed by atoms with Crippen LogP contribution in [0.25, 0.3) is 15.9 Å². The molecular weight excluding hydrogens is 362 g/mol. The molecule has 0 saturated carbocycles. The van der Waals surface area contributed by atoms with Crippen molar-refractivity contribution in [2.75, 3.05) is 25.0 Å². The summed E-state index contributed by atoms with van der Waals surface area (Å²) in [5, 5.41) is 13.2. The topological polar surface area (TPSA) is 79.5 Å². The summed E-state index contributed by atoms with van der Waals surface area (Å²) in [5.41, 5.74) is 1.60. The van der Waals surface area contributed by atoms with Gasteiger partial charge in [-0.2, -0.15) is 4.52 Å². The van der Waals surface area contributed by atoms with E-state index in [1.807, 2.05) is 50.4 Å². The number of aryl methyl sites for hydroxylation is 1. The lowest BCUT2D eigenvalue weighted by molar-refractivity contribution is 0.0705. The molecule has 0 atom stereocenters. The third-order valence-corrected chi connectivity index (χ3v) is 5.96. The molecule has 4 heterocycles. The molecule has 1 aromatic carbocycles. The lowest BCUT2D eigenvalue weighted by Crippen LogP contribution is -2.60. The molecule has 0 aliphatic carbocycles. The zero-order chi connectivity index (χ0) is 18.5. The number of likely N-dealkylation sites (N-methyl/N-ethyl adjacent to an activating group) is 1. The van der Waals surface area contributed by atoms with Crippen LogP contribution in [0.1, 0.15) is 15.6 Å². The van der Waals surface area contributed by atoms with E-state index in [9.17, 15) is 4.79 Å². The molecule has 5 rings (SSSR count). The van der Waals surface area contributed by atoms with Crippen molar-refractivity contribution in [2.24, 2.45) is 0 Å². The highest BCUT2D eigenvalue weighted by atomic mass is 32.1. The first-order valence-electron chi connectivity index (χ1n) is 8.67. The van der Waals surface area contributed by atoms with E-state index in [-0.39, 0.29) is 11.9 Å². The van der Waals surface area contributed by atoms with E-state index in [0.29, 0.717) is 5.01 Å². The van der Waals surface area contributed by atoms with Gasteiger partial charge in [0.05, 0.1) is 16.3 Å². The number of anilines is 1. The second-order valence-electron chi connectivity index (χ2n) is 6.67. The van der Waals surface area contributed by atoms with E-state index in [4.69, 9.17) is 0 Å². The fourth-order valence-electron chi connectivity index (χ4n) is 3.22. The van der Waals surface area contributed by atoms with E-state index >= 15 is 0 Å². The minimum absolute atomic E-state index is 0.0288. The predicted octanol–water partition coefficient (Wildman–Crippen LogP) is 2.00. The minimum Gasteiger partial charge on any atom is -0.351 e. The van der Waals surface area contributed by atoms with Gasteiger partial charge in [0, 0.05) is 20.1 Å². The SMILES string of the molecule is Cc1nnc2ccc(N3CC(N(C)C(=O)c4nc5ccccc5s4)C3)nn12. The zero-order valence-electron chi connectivity index (χ0n) is 14.9. The minimum atomic E-state index is -0.0288. The van der Waals surface area contributed by atoms with E-state index in [2.05, 4.69) is 25.2 Å². The number of amides is 1. The Morgan fingerprint density at radius 3 is 2.81 bits per heavy atom.